The van der Waals surface area contributed by atoms with Crippen molar-refractivity contribution in [1.82, 2.24) is 0 Å². The van der Waals surface area contributed by atoms with Crippen LogP contribution in [0.15, 0.2) is 194 Å². The van der Waals surface area contributed by atoms with Crippen molar-refractivity contribution < 1.29 is 28.6 Å². The quantitative estimate of drug-likeness (QED) is 0.0261. The molecule has 0 aliphatic rings. The fraction of sp³-hybridized carbons (Fsp3) is 0.545. The average Bonchev–Trinajstić information content (AvgIpc) is 3.49. The number of carbonyl (C=O) groups excluding carboxylic acids is 3. The van der Waals surface area contributed by atoms with Crippen molar-refractivity contribution in [2.45, 2.75) is 258 Å². The van der Waals surface area contributed by atoms with Crippen LogP contribution in [0, 0.1) is 0 Å². The molecule has 0 heterocycles. The molecule has 0 saturated carbocycles. The molecule has 0 rings (SSSR count). The Labute approximate surface area is 509 Å². The van der Waals surface area contributed by atoms with E-state index in [1.54, 1.807) is 6.08 Å². The summed E-state index contributed by atoms with van der Waals surface area (Å²) in [5, 5.41) is 0. The predicted octanol–water partition coefficient (Wildman–Crippen LogP) is 23.0. The van der Waals surface area contributed by atoms with Crippen molar-refractivity contribution >= 4 is 17.9 Å². The third-order valence-electron chi connectivity index (χ3n) is 13.1. The molecule has 0 aliphatic carbocycles. The first-order valence-electron chi connectivity index (χ1n) is 32.9. The molecule has 0 fully saturated rings. The highest BCUT2D eigenvalue weighted by Gasteiger charge is 2.19. The second-order valence-electron chi connectivity index (χ2n) is 20.9. The van der Waals surface area contributed by atoms with Crippen LogP contribution >= 0.6 is 0 Å². The zero-order valence-electron chi connectivity index (χ0n) is 52.9. The van der Waals surface area contributed by atoms with Gasteiger partial charge < -0.3 is 14.2 Å². The van der Waals surface area contributed by atoms with Gasteiger partial charge in [0.2, 0.25) is 0 Å². The number of ether oxygens (including phenoxy) is 3. The summed E-state index contributed by atoms with van der Waals surface area (Å²) in [5.41, 5.74) is 0. The van der Waals surface area contributed by atoms with Gasteiger partial charge in [-0.1, -0.05) is 286 Å². The van der Waals surface area contributed by atoms with E-state index >= 15 is 0 Å². The highest BCUT2D eigenvalue weighted by atomic mass is 16.6. The van der Waals surface area contributed by atoms with Crippen LogP contribution in [-0.4, -0.2) is 37.2 Å². The number of hydrogen-bond acceptors (Lipinski definition) is 6. The Hall–Kier alpha value is -5.75. The molecule has 83 heavy (non-hydrogen) atoms. The Balaban J connectivity index is 4.34. The number of allylic oxidation sites excluding steroid dienone is 31. The Morgan fingerprint density at radius 3 is 0.735 bits per heavy atom. The van der Waals surface area contributed by atoms with Crippen LogP contribution in [0.4, 0.5) is 0 Å². The number of unbranched alkanes of at least 4 members (excludes halogenated alkanes) is 15. The summed E-state index contributed by atoms with van der Waals surface area (Å²) >= 11 is 0. The molecule has 0 aromatic rings. The average molecular weight is 1140 g/mol. The molecule has 1 atom stereocenters. The number of rotatable bonds is 57. The lowest BCUT2D eigenvalue weighted by Crippen LogP contribution is -2.30. The Bertz CT molecular complexity index is 1990. The van der Waals surface area contributed by atoms with E-state index in [0.717, 1.165) is 161 Å². The molecule has 6 nitrogen and oxygen atoms in total. The fourth-order valence-electron chi connectivity index (χ4n) is 8.31. The lowest BCUT2D eigenvalue weighted by molar-refractivity contribution is -0.166. The topological polar surface area (TPSA) is 78.9 Å². The van der Waals surface area contributed by atoms with E-state index in [2.05, 4.69) is 203 Å². The van der Waals surface area contributed by atoms with Crippen molar-refractivity contribution in [3.05, 3.63) is 194 Å². The normalized spacial score (nSPS) is 13.4. The molecule has 0 aliphatic heterocycles. The fourth-order valence-corrected chi connectivity index (χ4v) is 8.31. The van der Waals surface area contributed by atoms with Crippen LogP contribution in [0.1, 0.15) is 252 Å². The summed E-state index contributed by atoms with van der Waals surface area (Å²) in [4.78, 5) is 38.2. The third kappa shape index (κ3) is 66.9. The Morgan fingerprint density at radius 2 is 0.470 bits per heavy atom. The van der Waals surface area contributed by atoms with Gasteiger partial charge in [0.25, 0.3) is 0 Å². The SMILES string of the molecule is CC/C=C\C/C=C\C/C=C\C/C=C\C/C=C\C/C=C\C/C=C\C/C=C\CCCCCCCCCCCCC(=O)OCC(COC(=O)CCCCCCC/C=C\C/C=C\C/C=C\CC)OC(=O)C/C=C\C/C=C\C/C=C\C/C=C\C/C=C\CC. The van der Waals surface area contributed by atoms with Gasteiger partial charge in [0.05, 0.1) is 6.42 Å². The minimum absolute atomic E-state index is 0.0829. The van der Waals surface area contributed by atoms with Crippen LogP contribution in [-0.2, 0) is 28.6 Å². The van der Waals surface area contributed by atoms with Gasteiger partial charge in [-0.3, -0.25) is 14.4 Å². The Morgan fingerprint density at radius 1 is 0.253 bits per heavy atom. The van der Waals surface area contributed by atoms with E-state index in [-0.39, 0.29) is 31.6 Å². The highest BCUT2D eigenvalue weighted by molar-refractivity contribution is 5.72. The number of hydrogen-bond donors (Lipinski definition) is 0. The molecule has 6 heteroatoms. The van der Waals surface area contributed by atoms with Gasteiger partial charge in [-0.05, 0) is 141 Å². The lowest BCUT2D eigenvalue weighted by atomic mass is 10.1. The van der Waals surface area contributed by atoms with Crippen LogP contribution < -0.4 is 0 Å². The summed E-state index contributed by atoms with van der Waals surface area (Å²) in [6, 6.07) is 0. The molecule has 0 aromatic heterocycles. The van der Waals surface area contributed by atoms with Crippen molar-refractivity contribution in [1.29, 1.82) is 0 Å². The minimum Gasteiger partial charge on any atom is -0.462 e. The summed E-state index contributed by atoms with van der Waals surface area (Å²) in [6.45, 7) is 6.18. The molecule has 0 N–H and O–H groups in total. The molecule has 0 spiro atoms. The summed E-state index contributed by atoms with van der Waals surface area (Å²) in [7, 11) is 0. The molecule has 0 bridgehead atoms. The van der Waals surface area contributed by atoms with Gasteiger partial charge in [0.15, 0.2) is 6.10 Å². The maximum Gasteiger partial charge on any atom is 0.310 e. The highest BCUT2D eigenvalue weighted by Crippen LogP contribution is 2.14. The van der Waals surface area contributed by atoms with Gasteiger partial charge in [-0.15, -0.1) is 0 Å². The lowest BCUT2D eigenvalue weighted by Gasteiger charge is -2.18. The van der Waals surface area contributed by atoms with Gasteiger partial charge in [0.1, 0.15) is 13.2 Å². The monoisotopic (exact) mass is 1140 g/mol. The molecule has 1 unspecified atom stereocenters. The molecular weight excluding hydrogens is 1020 g/mol. The first kappa shape index (κ1) is 77.2. The van der Waals surface area contributed by atoms with E-state index in [4.69, 9.17) is 14.2 Å². The van der Waals surface area contributed by atoms with Crippen LogP contribution in [0.5, 0.6) is 0 Å². The van der Waals surface area contributed by atoms with E-state index in [1.807, 2.05) is 6.08 Å². The van der Waals surface area contributed by atoms with Crippen LogP contribution in [0.3, 0.4) is 0 Å². The van der Waals surface area contributed by atoms with Crippen molar-refractivity contribution in [3.8, 4) is 0 Å². The van der Waals surface area contributed by atoms with Gasteiger partial charge >= 0.3 is 17.9 Å². The molecular formula is C77H118O6. The number of esters is 3. The standard InChI is InChI=1S/C77H118O6/c1-4-7-10-13-16-19-22-25-28-29-30-31-32-33-34-35-36-37-38-39-40-41-42-43-44-45-46-47-50-52-55-58-61-64-67-70-76(79)82-73-74(83-77(80)71-68-65-62-59-56-53-49-27-24-21-18-15-12-9-6-3)72-81-75(78)69-66-63-60-57-54-51-48-26-23-20-17-14-11-8-5-2/h7-12,16-21,25-28,30-31,33-34,36-37,39-40,42-43,48-49,56,59,65,68,74H,4-6,13-15,22-24,29,32,35,38,41,44-47,50-55,57-58,60-64,66-67,69-73H2,1-3H3/b10-7-,11-8-,12-9-,19-16-,20-17-,21-18-,28-25-,31-30-,34-33-,37-36-,40-39-,43-42-,48-26-,49-27-,59-56-,68-65-. The zero-order chi connectivity index (χ0) is 59.9. The van der Waals surface area contributed by atoms with Crippen LogP contribution in [0.2, 0.25) is 0 Å². The molecule has 0 amide bonds. The third-order valence-corrected chi connectivity index (χ3v) is 13.1. The van der Waals surface area contributed by atoms with Gasteiger partial charge in [-0.2, -0.15) is 0 Å². The van der Waals surface area contributed by atoms with E-state index in [0.29, 0.717) is 19.3 Å². The first-order chi connectivity index (χ1) is 41.0. The smallest absolute Gasteiger partial charge is 0.310 e. The maximum atomic E-state index is 12.8. The summed E-state index contributed by atoms with van der Waals surface area (Å²) in [6.07, 6.45) is 105. The number of carbonyl (C=O) groups is 3. The van der Waals surface area contributed by atoms with Gasteiger partial charge in [0, 0.05) is 12.8 Å². The second-order valence-corrected chi connectivity index (χ2v) is 20.9. The first-order valence-corrected chi connectivity index (χ1v) is 32.9. The maximum absolute atomic E-state index is 12.8. The van der Waals surface area contributed by atoms with Crippen molar-refractivity contribution in [2.24, 2.45) is 0 Å². The molecule has 0 radical (unpaired) electrons. The van der Waals surface area contributed by atoms with Gasteiger partial charge in [-0.25, -0.2) is 0 Å². The zero-order valence-corrected chi connectivity index (χ0v) is 52.9. The van der Waals surface area contributed by atoms with E-state index in [1.165, 1.54) is 44.9 Å². The van der Waals surface area contributed by atoms with Crippen LogP contribution in [0.25, 0.3) is 0 Å². The van der Waals surface area contributed by atoms with E-state index < -0.39 is 12.1 Å². The largest absolute Gasteiger partial charge is 0.462 e. The molecule has 462 valence electrons. The van der Waals surface area contributed by atoms with Crippen molar-refractivity contribution in [3.63, 3.8) is 0 Å². The Kier molecular flexibility index (Phi) is 64.0. The summed E-state index contributed by atoms with van der Waals surface area (Å²) in [5.74, 6) is -1.09. The molecule has 0 saturated heterocycles. The predicted molar refractivity (Wildman–Crippen MR) is 361 cm³/mol. The van der Waals surface area contributed by atoms with Crippen molar-refractivity contribution in [2.75, 3.05) is 13.2 Å². The molecule has 0 aromatic carbocycles. The summed E-state index contributed by atoms with van der Waals surface area (Å²) < 4.78 is 16.8. The second kappa shape index (κ2) is 68.7. The minimum atomic E-state index is -0.853. The van der Waals surface area contributed by atoms with E-state index in [9.17, 15) is 14.4 Å².